The summed E-state index contributed by atoms with van der Waals surface area (Å²) < 4.78 is 5.23. The van der Waals surface area contributed by atoms with E-state index in [1.165, 1.54) is 0 Å². The molecule has 1 aromatic carbocycles. The highest BCUT2D eigenvalue weighted by Crippen LogP contribution is 2.28. The van der Waals surface area contributed by atoms with E-state index in [0.717, 1.165) is 17.5 Å². The molecule has 92 valence electrons. The summed E-state index contributed by atoms with van der Waals surface area (Å²) in [6.07, 6.45) is 0.942. The SMILES string of the molecule is CCC(Nc1cccc2c(N)noc12)C(C)N. The molecule has 1 aromatic heterocycles. The standard InChI is InChI=1S/C12H18N4O/c1-3-9(7(2)13)15-10-6-4-5-8-11(10)17-16-12(8)14/h4-7,9,15H,3,13H2,1-2H3,(H2,14,16). The number of para-hydroxylation sites is 1. The van der Waals surface area contributed by atoms with Crippen LogP contribution in [-0.4, -0.2) is 17.2 Å². The van der Waals surface area contributed by atoms with Crippen LogP contribution in [0.4, 0.5) is 11.5 Å². The summed E-state index contributed by atoms with van der Waals surface area (Å²) in [6.45, 7) is 4.08. The van der Waals surface area contributed by atoms with E-state index in [2.05, 4.69) is 17.4 Å². The van der Waals surface area contributed by atoms with E-state index >= 15 is 0 Å². The highest BCUT2D eigenvalue weighted by atomic mass is 16.5. The number of nitrogens with two attached hydrogens (primary N) is 2. The molecule has 5 heteroatoms. The summed E-state index contributed by atoms with van der Waals surface area (Å²) in [4.78, 5) is 0. The predicted molar refractivity (Wildman–Crippen MR) is 69.8 cm³/mol. The van der Waals surface area contributed by atoms with Crippen molar-refractivity contribution in [2.45, 2.75) is 32.4 Å². The lowest BCUT2D eigenvalue weighted by Gasteiger charge is -2.21. The molecular formula is C12H18N4O. The van der Waals surface area contributed by atoms with Crippen molar-refractivity contribution in [1.29, 1.82) is 0 Å². The van der Waals surface area contributed by atoms with Gasteiger partial charge in [-0.25, -0.2) is 0 Å². The van der Waals surface area contributed by atoms with E-state index < -0.39 is 0 Å². The summed E-state index contributed by atoms with van der Waals surface area (Å²) in [5.74, 6) is 0.414. The number of anilines is 2. The number of aromatic nitrogens is 1. The lowest BCUT2D eigenvalue weighted by atomic mass is 10.1. The van der Waals surface area contributed by atoms with E-state index in [0.29, 0.717) is 11.4 Å². The van der Waals surface area contributed by atoms with Crippen LogP contribution in [0.5, 0.6) is 0 Å². The van der Waals surface area contributed by atoms with Crippen LogP contribution in [0.25, 0.3) is 11.0 Å². The summed E-state index contributed by atoms with van der Waals surface area (Å²) in [5.41, 5.74) is 13.2. The fraction of sp³-hybridized carbons (Fsp3) is 0.417. The average Bonchev–Trinajstić information content (AvgIpc) is 2.69. The van der Waals surface area contributed by atoms with Crippen molar-refractivity contribution in [2.24, 2.45) is 5.73 Å². The zero-order chi connectivity index (χ0) is 12.4. The first-order valence-electron chi connectivity index (χ1n) is 5.79. The Morgan fingerprint density at radius 1 is 1.47 bits per heavy atom. The van der Waals surface area contributed by atoms with E-state index in [-0.39, 0.29) is 12.1 Å². The predicted octanol–water partition coefficient (Wildman–Crippen LogP) is 1.95. The monoisotopic (exact) mass is 234 g/mol. The molecule has 0 saturated heterocycles. The third-order valence-corrected chi connectivity index (χ3v) is 2.94. The zero-order valence-electron chi connectivity index (χ0n) is 10.1. The smallest absolute Gasteiger partial charge is 0.192 e. The molecule has 0 aliphatic heterocycles. The van der Waals surface area contributed by atoms with Crippen molar-refractivity contribution >= 4 is 22.5 Å². The van der Waals surface area contributed by atoms with Crippen LogP contribution in [0.2, 0.25) is 0 Å². The molecule has 0 bridgehead atoms. The second-order valence-corrected chi connectivity index (χ2v) is 4.27. The Morgan fingerprint density at radius 3 is 2.88 bits per heavy atom. The van der Waals surface area contributed by atoms with Crippen LogP contribution in [-0.2, 0) is 0 Å². The van der Waals surface area contributed by atoms with E-state index in [9.17, 15) is 0 Å². The normalized spacial score (nSPS) is 14.8. The molecule has 1 heterocycles. The van der Waals surface area contributed by atoms with Gasteiger partial charge in [0.15, 0.2) is 11.4 Å². The van der Waals surface area contributed by atoms with E-state index in [1.54, 1.807) is 0 Å². The molecule has 2 aromatic rings. The average molecular weight is 234 g/mol. The molecule has 0 radical (unpaired) electrons. The van der Waals surface area contributed by atoms with Gasteiger partial charge < -0.3 is 21.3 Å². The third-order valence-electron chi connectivity index (χ3n) is 2.94. The Bertz CT molecular complexity index is 506. The van der Waals surface area contributed by atoms with Crippen LogP contribution in [0.3, 0.4) is 0 Å². The lowest BCUT2D eigenvalue weighted by Crippen LogP contribution is -2.37. The Hall–Kier alpha value is -1.75. The van der Waals surface area contributed by atoms with Gasteiger partial charge in [0, 0.05) is 12.1 Å². The molecule has 0 saturated carbocycles. The van der Waals surface area contributed by atoms with Gasteiger partial charge in [0.2, 0.25) is 0 Å². The van der Waals surface area contributed by atoms with Crippen LogP contribution < -0.4 is 16.8 Å². The third kappa shape index (κ3) is 2.19. The molecule has 0 fully saturated rings. The van der Waals surface area contributed by atoms with E-state index in [4.69, 9.17) is 16.0 Å². The summed E-state index contributed by atoms with van der Waals surface area (Å²) in [5, 5.41) is 7.96. The molecule has 0 aliphatic carbocycles. The second kappa shape index (κ2) is 4.63. The molecule has 2 rings (SSSR count). The number of fused-ring (bicyclic) bond motifs is 1. The van der Waals surface area contributed by atoms with Gasteiger partial charge in [-0.2, -0.15) is 0 Å². The lowest BCUT2D eigenvalue weighted by molar-refractivity contribution is 0.460. The first-order chi connectivity index (χ1) is 8.13. The zero-order valence-corrected chi connectivity index (χ0v) is 10.1. The van der Waals surface area contributed by atoms with Gasteiger partial charge in [0.05, 0.1) is 11.1 Å². The maximum Gasteiger partial charge on any atom is 0.192 e. The van der Waals surface area contributed by atoms with Crippen LogP contribution >= 0.6 is 0 Å². The van der Waals surface area contributed by atoms with Gasteiger partial charge in [-0.3, -0.25) is 0 Å². The first-order valence-corrected chi connectivity index (χ1v) is 5.79. The van der Waals surface area contributed by atoms with Gasteiger partial charge in [0.1, 0.15) is 0 Å². The second-order valence-electron chi connectivity index (χ2n) is 4.27. The molecule has 17 heavy (non-hydrogen) atoms. The maximum atomic E-state index is 5.91. The van der Waals surface area contributed by atoms with E-state index in [1.807, 2.05) is 25.1 Å². The first kappa shape index (κ1) is 11.7. The van der Waals surface area contributed by atoms with Crippen molar-refractivity contribution in [3.05, 3.63) is 18.2 Å². The minimum Gasteiger partial charge on any atom is -0.380 e. The van der Waals surface area contributed by atoms with Gasteiger partial charge in [-0.1, -0.05) is 18.1 Å². The number of nitrogens with one attached hydrogen (secondary N) is 1. The van der Waals surface area contributed by atoms with Crippen LogP contribution in [0.15, 0.2) is 22.7 Å². The Kier molecular flexibility index (Phi) is 3.19. The number of hydrogen-bond acceptors (Lipinski definition) is 5. The summed E-state index contributed by atoms with van der Waals surface area (Å²) in [7, 11) is 0. The van der Waals surface area contributed by atoms with Crippen LogP contribution in [0, 0.1) is 0 Å². The minimum atomic E-state index is 0.0653. The van der Waals surface area contributed by atoms with Gasteiger partial charge in [-0.15, -0.1) is 0 Å². The molecule has 0 amide bonds. The molecule has 0 aliphatic rings. The fourth-order valence-electron chi connectivity index (χ4n) is 1.90. The van der Waals surface area contributed by atoms with Crippen molar-refractivity contribution in [2.75, 3.05) is 11.1 Å². The number of benzene rings is 1. The Morgan fingerprint density at radius 2 is 2.24 bits per heavy atom. The molecule has 0 spiro atoms. The minimum absolute atomic E-state index is 0.0653. The molecule has 2 atom stereocenters. The number of hydrogen-bond donors (Lipinski definition) is 3. The van der Waals surface area contributed by atoms with Crippen LogP contribution in [0.1, 0.15) is 20.3 Å². The number of nitrogen functional groups attached to an aromatic ring is 1. The fourth-order valence-corrected chi connectivity index (χ4v) is 1.90. The Balaban J connectivity index is 2.35. The van der Waals surface area contributed by atoms with Crippen molar-refractivity contribution in [1.82, 2.24) is 5.16 Å². The summed E-state index contributed by atoms with van der Waals surface area (Å²) in [6, 6.07) is 6.02. The topological polar surface area (TPSA) is 90.1 Å². The quantitative estimate of drug-likeness (QED) is 0.752. The van der Waals surface area contributed by atoms with Gasteiger partial charge in [-0.05, 0) is 25.5 Å². The van der Waals surface area contributed by atoms with Crippen molar-refractivity contribution < 1.29 is 4.52 Å². The highest BCUT2D eigenvalue weighted by molar-refractivity contribution is 5.95. The van der Waals surface area contributed by atoms with Crippen molar-refractivity contribution in [3.8, 4) is 0 Å². The number of nitrogens with zero attached hydrogens (tertiary/aromatic N) is 1. The Labute approximate surface area is 100 Å². The number of rotatable bonds is 4. The van der Waals surface area contributed by atoms with Gasteiger partial charge >= 0.3 is 0 Å². The molecule has 5 N–H and O–H groups in total. The van der Waals surface area contributed by atoms with Gasteiger partial charge in [0.25, 0.3) is 0 Å². The molecular weight excluding hydrogens is 216 g/mol. The highest BCUT2D eigenvalue weighted by Gasteiger charge is 2.15. The van der Waals surface area contributed by atoms with Crippen molar-refractivity contribution in [3.63, 3.8) is 0 Å². The molecule has 2 unspecified atom stereocenters. The molecule has 5 nitrogen and oxygen atoms in total. The largest absolute Gasteiger partial charge is 0.380 e. The summed E-state index contributed by atoms with van der Waals surface area (Å²) >= 11 is 0. The maximum absolute atomic E-state index is 5.91.